The van der Waals surface area contributed by atoms with E-state index in [1.54, 1.807) is 6.20 Å². The molecule has 0 saturated heterocycles. The van der Waals surface area contributed by atoms with Crippen molar-refractivity contribution in [2.24, 2.45) is 0 Å². The number of aromatic nitrogens is 3. The molecule has 5 heteroatoms. The van der Waals surface area contributed by atoms with Crippen molar-refractivity contribution in [1.29, 1.82) is 0 Å². The first-order valence-electron chi connectivity index (χ1n) is 2.70. The van der Waals surface area contributed by atoms with Crippen molar-refractivity contribution >= 4 is 70.1 Å². The predicted molar refractivity (Wildman–Crippen MR) is 48.2 cm³/mol. The van der Waals surface area contributed by atoms with Gasteiger partial charge in [0.1, 0.15) is 12.0 Å². The standard InChI is InChI=1S/C6H5N3.2Na.2H/c1-2-8-6-5(1)3-7-4-9-6;;;;/h1-4H,(H,7,8,9);;;;. The van der Waals surface area contributed by atoms with Gasteiger partial charge in [-0.2, -0.15) is 0 Å². The molecule has 11 heavy (non-hydrogen) atoms. The quantitative estimate of drug-likeness (QED) is 0.545. The van der Waals surface area contributed by atoms with Crippen molar-refractivity contribution < 1.29 is 0 Å². The van der Waals surface area contributed by atoms with Crippen LogP contribution in [0.1, 0.15) is 0 Å². The van der Waals surface area contributed by atoms with E-state index in [1.165, 1.54) is 6.33 Å². The van der Waals surface area contributed by atoms with Crippen LogP contribution < -0.4 is 0 Å². The number of aromatic amines is 1. The Kier molecular flexibility index (Phi) is 5.60. The Morgan fingerprint density at radius 3 is 2.82 bits per heavy atom. The zero-order chi connectivity index (χ0) is 6.10. The van der Waals surface area contributed by atoms with E-state index in [9.17, 15) is 0 Å². The minimum absolute atomic E-state index is 0. The number of H-pyrrole nitrogens is 1. The molecule has 2 heterocycles. The number of hydrogen-bond donors (Lipinski definition) is 1. The van der Waals surface area contributed by atoms with Crippen molar-refractivity contribution in [2.45, 2.75) is 0 Å². The zero-order valence-electron chi connectivity index (χ0n) is 4.70. The molecule has 48 valence electrons. The van der Waals surface area contributed by atoms with Crippen LogP contribution in [0, 0.1) is 0 Å². The van der Waals surface area contributed by atoms with Crippen molar-refractivity contribution in [3.8, 4) is 0 Å². The topological polar surface area (TPSA) is 41.6 Å². The SMILES string of the molecule is [NaH].[NaH].c1ncc2cc[nH]c2n1. The summed E-state index contributed by atoms with van der Waals surface area (Å²) in [6, 6.07) is 1.94. The fourth-order valence-electron chi connectivity index (χ4n) is 0.793. The Labute approximate surface area is 109 Å². The fourth-order valence-corrected chi connectivity index (χ4v) is 0.793. The van der Waals surface area contributed by atoms with E-state index < -0.39 is 0 Å². The van der Waals surface area contributed by atoms with E-state index in [0.29, 0.717) is 0 Å². The van der Waals surface area contributed by atoms with Crippen molar-refractivity contribution in [1.82, 2.24) is 15.0 Å². The average Bonchev–Trinajstić information content (AvgIpc) is 2.33. The Hall–Kier alpha value is 0.620. The molecule has 2 aromatic heterocycles. The van der Waals surface area contributed by atoms with E-state index in [4.69, 9.17) is 0 Å². The smallest absolute Gasteiger partial charge is 0.140 e. The third kappa shape index (κ3) is 2.54. The van der Waals surface area contributed by atoms with Gasteiger partial charge in [-0.3, -0.25) is 0 Å². The van der Waals surface area contributed by atoms with E-state index in [0.717, 1.165) is 11.0 Å². The van der Waals surface area contributed by atoms with Crippen LogP contribution in [0.4, 0.5) is 0 Å². The van der Waals surface area contributed by atoms with Gasteiger partial charge >= 0.3 is 59.1 Å². The van der Waals surface area contributed by atoms with Crippen LogP contribution in [0.25, 0.3) is 11.0 Å². The molecule has 0 fully saturated rings. The van der Waals surface area contributed by atoms with E-state index >= 15 is 0 Å². The first-order chi connectivity index (χ1) is 4.47. The van der Waals surface area contributed by atoms with Gasteiger partial charge in [-0.05, 0) is 6.07 Å². The first kappa shape index (κ1) is 11.6. The maximum absolute atomic E-state index is 3.97. The molecule has 0 aliphatic carbocycles. The summed E-state index contributed by atoms with van der Waals surface area (Å²) in [6.45, 7) is 0. The second kappa shape index (κ2) is 5.30. The van der Waals surface area contributed by atoms with Gasteiger partial charge in [0, 0.05) is 17.8 Å². The summed E-state index contributed by atoms with van der Waals surface area (Å²) < 4.78 is 0. The summed E-state index contributed by atoms with van der Waals surface area (Å²) in [7, 11) is 0. The van der Waals surface area contributed by atoms with Crippen molar-refractivity contribution in [3.05, 3.63) is 24.8 Å². The van der Waals surface area contributed by atoms with Crippen LogP contribution in [0.3, 0.4) is 0 Å². The molecule has 0 unspecified atom stereocenters. The summed E-state index contributed by atoms with van der Waals surface area (Å²) >= 11 is 0. The minimum atomic E-state index is 0. The number of nitrogens with one attached hydrogen (secondary N) is 1. The Balaban J connectivity index is 0.000000500. The summed E-state index contributed by atoms with van der Waals surface area (Å²) in [4.78, 5) is 10.8. The van der Waals surface area contributed by atoms with Gasteiger partial charge in [0.2, 0.25) is 0 Å². The maximum atomic E-state index is 3.97. The molecular formula is C6H7N3Na2. The van der Waals surface area contributed by atoms with Gasteiger partial charge in [-0.15, -0.1) is 0 Å². The van der Waals surface area contributed by atoms with Crippen LogP contribution in [0.5, 0.6) is 0 Å². The van der Waals surface area contributed by atoms with Gasteiger partial charge in [-0.1, -0.05) is 0 Å². The Bertz CT molecular complexity index is 290. The second-order valence-corrected chi connectivity index (χ2v) is 1.80. The van der Waals surface area contributed by atoms with Crippen molar-refractivity contribution in [3.63, 3.8) is 0 Å². The molecule has 3 nitrogen and oxygen atoms in total. The molecule has 0 aromatic carbocycles. The molecule has 2 rings (SSSR count). The molecule has 1 N–H and O–H groups in total. The van der Waals surface area contributed by atoms with Crippen LogP contribution in [-0.4, -0.2) is 74.1 Å². The largest absolute Gasteiger partial charge is 0.346 e. The molecule has 0 spiro atoms. The maximum Gasteiger partial charge on any atom is 0.140 e. The van der Waals surface area contributed by atoms with E-state index in [2.05, 4.69) is 15.0 Å². The van der Waals surface area contributed by atoms with E-state index in [-0.39, 0.29) is 59.1 Å². The zero-order valence-corrected chi connectivity index (χ0v) is 4.70. The summed E-state index contributed by atoms with van der Waals surface area (Å²) in [5.41, 5.74) is 0.894. The van der Waals surface area contributed by atoms with Gasteiger partial charge in [-0.25, -0.2) is 9.97 Å². The third-order valence-electron chi connectivity index (χ3n) is 1.22. The van der Waals surface area contributed by atoms with Gasteiger partial charge < -0.3 is 4.98 Å². The number of nitrogens with zero attached hydrogens (tertiary/aromatic N) is 2. The molecule has 0 saturated carbocycles. The second-order valence-electron chi connectivity index (χ2n) is 1.80. The fraction of sp³-hybridized carbons (Fsp3) is 0. The van der Waals surface area contributed by atoms with Crippen molar-refractivity contribution in [2.75, 3.05) is 0 Å². The normalized spacial score (nSPS) is 8.36. The molecule has 0 aliphatic heterocycles. The molecule has 0 aliphatic rings. The van der Waals surface area contributed by atoms with Gasteiger partial charge in [0.05, 0.1) is 0 Å². The van der Waals surface area contributed by atoms with E-state index in [1.807, 2.05) is 12.3 Å². The number of hydrogen-bond acceptors (Lipinski definition) is 2. The molecule has 0 radical (unpaired) electrons. The minimum Gasteiger partial charge on any atom is -0.346 e. The Morgan fingerprint density at radius 1 is 1.27 bits per heavy atom. The number of rotatable bonds is 0. The third-order valence-corrected chi connectivity index (χ3v) is 1.22. The molecule has 0 amide bonds. The summed E-state index contributed by atoms with van der Waals surface area (Å²) in [5.74, 6) is 0. The molecule has 0 bridgehead atoms. The first-order valence-corrected chi connectivity index (χ1v) is 2.70. The molecule has 2 aromatic rings. The molecule has 0 atom stereocenters. The summed E-state index contributed by atoms with van der Waals surface area (Å²) in [6.07, 6.45) is 5.15. The van der Waals surface area contributed by atoms with Gasteiger partial charge in [0.25, 0.3) is 0 Å². The number of fused-ring (bicyclic) bond motifs is 1. The van der Waals surface area contributed by atoms with Crippen LogP contribution in [-0.2, 0) is 0 Å². The predicted octanol–water partition coefficient (Wildman–Crippen LogP) is -0.339. The van der Waals surface area contributed by atoms with Crippen LogP contribution in [0.2, 0.25) is 0 Å². The average molecular weight is 167 g/mol. The Morgan fingerprint density at radius 2 is 2.09 bits per heavy atom. The van der Waals surface area contributed by atoms with Gasteiger partial charge in [0.15, 0.2) is 0 Å². The van der Waals surface area contributed by atoms with Crippen LogP contribution >= 0.6 is 0 Å². The monoisotopic (exact) mass is 167 g/mol. The van der Waals surface area contributed by atoms with Crippen LogP contribution in [0.15, 0.2) is 24.8 Å². The molecular weight excluding hydrogens is 160 g/mol. The summed E-state index contributed by atoms with van der Waals surface area (Å²) in [5, 5.41) is 1.05.